The molecule has 2 heterocycles. The summed E-state index contributed by atoms with van der Waals surface area (Å²) in [6, 6.07) is -0.224. The Hall–Kier alpha value is -1.92. The van der Waals surface area contributed by atoms with E-state index >= 15 is 0 Å². The first kappa shape index (κ1) is 23.2. The number of ether oxygens (including phenoxy) is 2. The molecule has 2 aliphatic carbocycles. The highest BCUT2D eigenvalue weighted by Gasteiger charge is 2.60. The molecule has 1 aliphatic heterocycles. The standard InChI is InChI=1S/C20H28F2N4O5S/c1-12-8-15(25-32(28,29)18(21)22)16(26(12)19(27)30-2)11-31-14-4-5-20(10-13(20)9-14)17-23-6-3-7-24-17/h3,6-7,12-16,18,25H,4-5,8-11H2,1-2H3/t12-,13-,14+,15+,16+,20-/m1/s1. The zero-order valence-electron chi connectivity index (χ0n) is 18.0. The summed E-state index contributed by atoms with van der Waals surface area (Å²) in [5, 5.41) is 0. The van der Waals surface area contributed by atoms with Gasteiger partial charge in [-0.2, -0.15) is 8.78 Å². The molecule has 0 unspecified atom stereocenters. The Morgan fingerprint density at radius 1 is 1.34 bits per heavy atom. The fraction of sp³-hybridized carbons (Fsp3) is 0.750. The van der Waals surface area contributed by atoms with E-state index in [2.05, 4.69) is 14.7 Å². The van der Waals surface area contributed by atoms with Crippen LogP contribution >= 0.6 is 0 Å². The minimum Gasteiger partial charge on any atom is -0.453 e. The number of carbonyl (C=O) groups excluding carboxylic acids is 1. The number of hydrogen-bond donors (Lipinski definition) is 1. The molecule has 0 radical (unpaired) electrons. The third kappa shape index (κ3) is 4.32. The van der Waals surface area contributed by atoms with Crippen LogP contribution in [0.3, 0.4) is 0 Å². The molecule has 2 saturated carbocycles. The van der Waals surface area contributed by atoms with Crippen LogP contribution < -0.4 is 4.72 Å². The molecule has 0 aromatic carbocycles. The highest BCUT2D eigenvalue weighted by molar-refractivity contribution is 7.89. The van der Waals surface area contributed by atoms with Gasteiger partial charge in [-0.3, -0.25) is 4.90 Å². The maximum Gasteiger partial charge on any atom is 0.410 e. The van der Waals surface area contributed by atoms with Gasteiger partial charge >= 0.3 is 11.9 Å². The van der Waals surface area contributed by atoms with Gasteiger partial charge in [0.05, 0.1) is 25.9 Å². The number of nitrogens with one attached hydrogen (secondary N) is 1. The number of amides is 1. The number of methoxy groups -OCH3 is 1. The van der Waals surface area contributed by atoms with E-state index in [4.69, 9.17) is 9.47 Å². The van der Waals surface area contributed by atoms with Crippen LogP contribution in [0, 0.1) is 5.92 Å². The minimum atomic E-state index is -4.81. The summed E-state index contributed by atoms with van der Waals surface area (Å²) >= 11 is 0. The Balaban J connectivity index is 1.41. The van der Waals surface area contributed by atoms with E-state index in [1.54, 1.807) is 25.4 Å². The number of likely N-dealkylation sites (tertiary alicyclic amines) is 1. The Morgan fingerprint density at radius 2 is 2.06 bits per heavy atom. The second kappa shape index (κ2) is 8.79. The van der Waals surface area contributed by atoms with Crippen molar-refractivity contribution in [1.29, 1.82) is 0 Å². The number of alkyl halides is 2. The molecule has 6 atom stereocenters. The van der Waals surface area contributed by atoms with Crippen LogP contribution in [0.4, 0.5) is 13.6 Å². The first-order valence-corrected chi connectivity index (χ1v) is 12.3. The van der Waals surface area contributed by atoms with Crippen LogP contribution in [-0.4, -0.2) is 73.1 Å². The zero-order chi connectivity index (χ0) is 23.1. The summed E-state index contributed by atoms with van der Waals surface area (Å²) in [7, 11) is -3.58. The summed E-state index contributed by atoms with van der Waals surface area (Å²) in [4.78, 5) is 22.5. The van der Waals surface area contributed by atoms with Crippen LogP contribution in [0.25, 0.3) is 0 Å². The summed E-state index contributed by atoms with van der Waals surface area (Å²) in [5.41, 5.74) is 0.0104. The first-order chi connectivity index (χ1) is 15.2. The maximum atomic E-state index is 12.9. The number of fused-ring (bicyclic) bond motifs is 1. The van der Waals surface area contributed by atoms with Crippen molar-refractivity contribution in [3.05, 3.63) is 24.3 Å². The van der Waals surface area contributed by atoms with Crippen molar-refractivity contribution in [2.45, 2.75) is 74.4 Å². The third-order valence-electron chi connectivity index (χ3n) is 7.03. The van der Waals surface area contributed by atoms with Gasteiger partial charge in [-0.05, 0) is 51.0 Å². The molecule has 3 fully saturated rings. The van der Waals surface area contributed by atoms with Crippen LogP contribution in [0.1, 0.15) is 44.9 Å². The van der Waals surface area contributed by atoms with Gasteiger partial charge in [0.2, 0.25) is 0 Å². The van der Waals surface area contributed by atoms with Crippen molar-refractivity contribution in [1.82, 2.24) is 19.6 Å². The molecule has 1 N–H and O–H groups in total. The number of carbonyl (C=O) groups is 1. The highest BCUT2D eigenvalue weighted by atomic mass is 32.2. The molecule has 32 heavy (non-hydrogen) atoms. The average molecular weight is 475 g/mol. The van der Waals surface area contributed by atoms with E-state index in [0.717, 1.165) is 31.5 Å². The van der Waals surface area contributed by atoms with Gasteiger partial charge < -0.3 is 9.47 Å². The number of halogens is 2. The molecule has 9 nitrogen and oxygen atoms in total. The van der Waals surface area contributed by atoms with E-state index in [1.165, 1.54) is 12.0 Å². The van der Waals surface area contributed by atoms with Gasteiger partial charge in [-0.1, -0.05) is 0 Å². The van der Waals surface area contributed by atoms with Crippen molar-refractivity contribution in [2.24, 2.45) is 5.92 Å². The number of hydrogen-bond acceptors (Lipinski definition) is 7. The van der Waals surface area contributed by atoms with E-state index in [1.807, 2.05) is 0 Å². The van der Waals surface area contributed by atoms with Crippen molar-refractivity contribution < 1.29 is 31.5 Å². The predicted molar refractivity (Wildman–Crippen MR) is 109 cm³/mol. The Bertz CT molecular complexity index is 937. The molecule has 1 aromatic heterocycles. The zero-order valence-corrected chi connectivity index (χ0v) is 18.8. The Morgan fingerprint density at radius 3 is 2.69 bits per heavy atom. The molecule has 3 aliphatic rings. The lowest BCUT2D eigenvalue weighted by molar-refractivity contribution is -0.0103. The number of nitrogens with zero attached hydrogens (tertiary/aromatic N) is 3. The average Bonchev–Trinajstić information content (AvgIpc) is 3.43. The summed E-state index contributed by atoms with van der Waals surface area (Å²) in [5.74, 6) is -2.27. The predicted octanol–water partition coefficient (Wildman–Crippen LogP) is 2.04. The molecule has 1 amide bonds. The van der Waals surface area contributed by atoms with Crippen LogP contribution in [0.15, 0.2) is 18.5 Å². The number of sulfonamides is 1. The monoisotopic (exact) mass is 474 g/mol. The lowest BCUT2D eigenvalue weighted by Gasteiger charge is -2.32. The highest BCUT2D eigenvalue weighted by Crippen LogP contribution is 2.61. The topological polar surface area (TPSA) is 111 Å². The fourth-order valence-corrected chi connectivity index (χ4v) is 6.12. The molecule has 178 valence electrons. The fourth-order valence-electron chi connectivity index (χ4n) is 5.34. The molecule has 1 aromatic rings. The SMILES string of the molecule is COC(=O)N1[C@H](C)C[C@H](NS(=O)(=O)C(F)F)[C@@H]1CO[C@H]1CC[C@@]2(c3ncccn3)C[C@H]2C1. The van der Waals surface area contributed by atoms with Gasteiger partial charge in [0.25, 0.3) is 10.0 Å². The van der Waals surface area contributed by atoms with E-state index in [9.17, 15) is 22.0 Å². The second-order valence-electron chi connectivity index (χ2n) is 8.92. The molecular formula is C20H28F2N4O5S. The van der Waals surface area contributed by atoms with Gasteiger partial charge in [0, 0.05) is 29.9 Å². The Kier molecular flexibility index (Phi) is 6.38. The van der Waals surface area contributed by atoms with Gasteiger partial charge in [-0.15, -0.1) is 0 Å². The van der Waals surface area contributed by atoms with E-state index < -0.39 is 34.0 Å². The van der Waals surface area contributed by atoms with Gasteiger partial charge in [-0.25, -0.2) is 27.9 Å². The van der Waals surface area contributed by atoms with Crippen LogP contribution in [0.5, 0.6) is 0 Å². The van der Waals surface area contributed by atoms with Crippen molar-refractivity contribution in [3.8, 4) is 0 Å². The van der Waals surface area contributed by atoms with Crippen molar-refractivity contribution in [2.75, 3.05) is 13.7 Å². The molecule has 0 bridgehead atoms. The second-order valence-corrected chi connectivity index (χ2v) is 10.6. The normalized spacial score (nSPS) is 34.4. The quantitative estimate of drug-likeness (QED) is 0.644. The Labute approximate surface area is 185 Å². The minimum absolute atomic E-state index is 0.0104. The third-order valence-corrected chi connectivity index (χ3v) is 8.13. The number of rotatable bonds is 7. The van der Waals surface area contributed by atoms with Crippen LogP contribution in [-0.2, 0) is 24.9 Å². The largest absolute Gasteiger partial charge is 0.453 e. The summed E-state index contributed by atoms with van der Waals surface area (Å²) < 4.78 is 62.3. The molecule has 12 heteroatoms. The van der Waals surface area contributed by atoms with Gasteiger partial charge in [0.1, 0.15) is 5.82 Å². The smallest absolute Gasteiger partial charge is 0.410 e. The lowest BCUT2D eigenvalue weighted by Crippen LogP contribution is -2.51. The van der Waals surface area contributed by atoms with E-state index in [-0.39, 0.29) is 30.6 Å². The summed E-state index contributed by atoms with van der Waals surface area (Å²) in [6.45, 7) is 1.75. The summed E-state index contributed by atoms with van der Waals surface area (Å²) in [6.07, 6.45) is 6.46. The van der Waals surface area contributed by atoms with Crippen molar-refractivity contribution in [3.63, 3.8) is 0 Å². The molecular weight excluding hydrogens is 446 g/mol. The van der Waals surface area contributed by atoms with E-state index in [0.29, 0.717) is 5.92 Å². The van der Waals surface area contributed by atoms with Crippen molar-refractivity contribution >= 4 is 16.1 Å². The van der Waals surface area contributed by atoms with Gasteiger partial charge in [0.15, 0.2) is 0 Å². The maximum absolute atomic E-state index is 12.9. The lowest BCUT2D eigenvalue weighted by atomic mass is 9.86. The number of aromatic nitrogens is 2. The molecule has 0 spiro atoms. The first-order valence-electron chi connectivity index (χ1n) is 10.7. The van der Waals surface area contributed by atoms with Crippen LogP contribution in [0.2, 0.25) is 0 Å². The molecule has 1 saturated heterocycles. The molecule has 4 rings (SSSR count).